The topological polar surface area (TPSA) is 35.6 Å². The second-order valence-electron chi connectivity index (χ2n) is 7.05. The first kappa shape index (κ1) is 16.3. The van der Waals surface area contributed by atoms with Gasteiger partial charge in [-0.3, -0.25) is 4.79 Å². The van der Waals surface area contributed by atoms with E-state index in [0.29, 0.717) is 5.92 Å². The second kappa shape index (κ2) is 7.82. The summed E-state index contributed by atoms with van der Waals surface area (Å²) in [6.07, 6.45) is 6.26. The number of nitrogens with one attached hydrogen (secondary N) is 1. The van der Waals surface area contributed by atoms with Gasteiger partial charge in [0.05, 0.1) is 0 Å². The number of likely N-dealkylation sites (tertiary alicyclic amines) is 1. The normalized spacial score (nSPS) is 20.5. The van der Waals surface area contributed by atoms with Gasteiger partial charge in [-0.15, -0.1) is 0 Å². The molecule has 0 aliphatic carbocycles. The molecule has 0 spiro atoms. The van der Waals surface area contributed by atoms with Gasteiger partial charge in [-0.05, 0) is 82.4 Å². The minimum Gasteiger partial charge on any atom is -0.372 e. The molecule has 2 saturated heterocycles. The van der Waals surface area contributed by atoms with Gasteiger partial charge < -0.3 is 15.1 Å². The molecular weight excluding hydrogens is 286 g/mol. The van der Waals surface area contributed by atoms with Crippen molar-refractivity contribution in [2.24, 2.45) is 5.92 Å². The summed E-state index contributed by atoms with van der Waals surface area (Å²) >= 11 is 0. The number of hydrogen-bond acceptors (Lipinski definition) is 3. The first-order chi connectivity index (χ1) is 11.2. The number of carbonyl (C=O) groups is 1. The van der Waals surface area contributed by atoms with Gasteiger partial charge in [0.1, 0.15) is 0 Å². The number of benzene rings is 1. The standard InChI is InChI=1S/C19H29N3O/c1-21-13-9-16(10-14-21)15-20-19(23)17-5-7-18(8-6-17)22-11-3-2-4-12-22/h5-8,16H,2-4,9-15H2,1H3,(H,20,23). The predicted octanol–water partition coefficient (Wildman–Crippen LogP) is 2.75. The van der Waals surface area contributed by atoms with Crippen LogP contribution in [0.1, 0.15) is 42.5 Å². The van der Waals surface area contributed by atoms with E-state index >= 15 is 0 Å². The van der Waals surface area contributed by atoms with Crippen LogP contribution in [-0.4, -0.2) is 50.6 Å². The van der Waals surface area contributed by atoms with Crippen LogP contribution >= 0.6 is 0 Å². The van der Waals surface area contributed by atoms with E-state index in [0.717, 1.165) is 38.3 Å². The molecule has 4 heteroatoms. The van der Waals surface area contributed by atoms with Gasteiger partial charge in [0, 0.05) is 30.9 Å². The second-order valence-corrected chi connectivity index (χ2v) is 7.05. The Morgan fingerprint density at radius 2 is 1.70 bits per heavy atom. The summed E-state index contributed by atoms with van der Waals surface area (Å²) in [5.41, 5.74) is 2.02. The van der Waals surface area contributed by atoms with Crippen molar-refractivity contribution in [1.82, 2.24) is 10.2 Å². The van der Waals surface area contributed by atoms with E-state index in [9.17, 15) is 4.79 Å². The molecule has 3 rings (SSSR count). The van der Waals surface area contributed by atoms with Crippen molar-refractivity contribution in [3.63, 3.8) is 0 Å². The van der Waals surface area contributed by atoms with Crippen LogP contribution in [0.2, 0.25) is 0 Å². The molecule has 2 aliphatic rings. The molecule has 1 aromatic carbocycles. The number of anilines is 1. The molecule has 1 aromatic rings. The summed E-state index contributed by atoms with van der Waals surface area (Å²) in [6.45, 7) is 5.38. The molecule has 1 amide bonds. The number of piperidine rings is 2. The minimum atomic E-state index is 0.0640. The van der Waals surface area contributed by atoms with Gasteiger partial charge in [-0.25, -0.2) is 0 Å². The van der Waals surface area contributed by atoms with E-state index < -0.39 is 0 Å². The Morgan fingerprint density at radius 1 is 1.04 bits per heavy atom. The lowest BCUT2D eigenvalue weighted by Crippen LogP contribution is -2.36. The van der Waals surface area contributed by atoms with Gasteiger partial charge >= 0.3 is 0 Å². The van der Waals surface area contributed by atoms with Crippen LogP contribution in [0, 0.1) is 5.92 Å². The SMILES string of the molecule is CN1CCC(CNC(=O)c2ccc(N3CCCCC3)cc2)CC1. The number of rotatable bonds is 4. The zero-order valence-corrected chi connectivity index (χ0v) is 14.3. The summed E-state index contributed by atoms with van der Waals surface area (Å²) < 4.78 is 0. The van der Waals surface area contributed by atoms with Crippen molar-refractivity contribution in [1.29, 1.82) is 0 Å². The van der Waals surface area contributed by atoms with E-state index in [1.165, 1.54) is 37.8 Å². The van der Waals surface area contributed by atoms with Crippen molar-refractivity contribution in [3.05, 3.63) is 29.8 Å². The van der Waals surface area contributed by atoms with Crippen LogP contribution in [0.3, 0.4) is 0 Å². The quantitative estimate of drug-likeness (QED) is 0.928. The highest BCUT2D eigenvalue weighted by molar-refractivity contribution is 5.94. The molecule has 2 aliphatic heterocycles. The molecule has 0 saturated carbocycles. The highest BCUT2D eigenvalue weighted by atomic mass is 16.1. The van der Waals surface area contributed by atoms with Crippen LogP contribution < -0.4 is 10.2 Å². The van der Waals surface area contributed by atoms with Crippen molar-refractivity contribution >= 4 is 11.6 Å². The molecule has 0 bridgehead atoms. The van der Waals surface area contributed by atoms with Gasteiger partial charge in [0.15, 0.2) is 0 Å². The Bertz CT molecular complexity index is 500. The Labute approximate surface area is 139 Å². The third-order valence-corrected chi connectivity index (χ3v) is 5.24. The van der Waals surface area contributed by atoms with E-state index in [1.807, 2.05) is 12.1 Å². The van der Waals surface area contributed by atoms with Crippen LogP contribution in [-0.2, 0) is 0 Å². The molecule has 1 N–H and O–H groups in total. The lowest BCUT2D eigenvalue weighted by Gasteiger charge is -2.29. The first-order valence-corrected chi connectivity index (χ1v) is 9.04. The zero-order chi connectivity index (χ0) is 16.1. The molecule has 0 atom stereocenters. The van der Waals surface area contributed by atoms with Crippen molar-refractivity contribution in [2.75, 3.05) is 44.7 Å². The molecule has 0 aromatic heterocycles. The fraction of sp³-hybridized carbons (Fsp3) is 0.632. The summed E-state index contributed by atoms with van der Waals surface area (Å²) in [5.74, 6) is 0.692. The monoisotopic (exact) mass is 315 g/mol. The van der Waals surface area contributed by atoms with E-state index in [2.05, 4.69) is 34.3 Å². The molecular formula is C19H29N3O. The smallest absolute Gasteiger partial charge is 0.251 e. The summed E-state index contributed by atoms with van der Waals surface area (Å²) in [7, 11) is 2.17. The largest absolute Gasteiger partial charge is 0.372 e. The van der Waals surface area contributed by atoms with E-state index in [-0.39, 0.29) is 5.91 Å². The van der Waals surface area contributed by atoms with Gasteiger partial charge in [0.25, 0.3) is 5.91 Å². The maximum atomic E-state index is 12.3. The van der Waals surface area contributed by atoms with Gasteiger partial charge in [-0.2, -0.15) is 0 Å². The number of amides is 1. The fourth-order valence-electron chi connectivity index (χ4n) is 3.58. The Balaban J connectivity index is 1.49. The lowest BCUT2D eigenvalue weighted by molar-refractivity contribution is 0.0939. The maximum Gasteiger partial charge on any atom is 0.251 e. The van der Waals surface area contributed by atoms with E-state index in [4.69, 9.17) is 0 Å². The third kappa shape index (κ3) is 4.47. The number of nitrogens with zero attached hydrogens (tertiary/aromatic N) is 2. The zero-order valence-electron chi connectivity index (χ0n) is 14.3. The summed E-state index contributed by atoms with van der Waals surface area (Å²) in [4.78, 5) is 17.1. The fourth-order valence-corrected chi connectivity index (χ4v) is 3.58. The van der Waals surface area contributed by atoms with Crippen LogP contribution in [0.25, 0.3) is 0 Å². The average molecular weight is 315 g/mol. The summed E-state index contributed by atoms with van der Waals surface area (Å²) in [5, 5.41) is 3.11. The predicted molar refractivity (Wildman–Crippen MR) is 95.1 cm³/mol. The minimum absolute atomic E-state index is 0.0640. The summed E-state index contributed by atoms with van der Waals surface area (Å²) in [6, 6.07) is 8.12. The number of hydrogen-bond donors (Lipinski definition) is 1. The van der Waals surface area contributed by atoms with Crippen LogP contribution in [0.4, 0.5) is 5.69 Å². The number of carbonyl (C=O) groups excluding carboxylic acids is 1. The Hall–Kier alpha value is -1.55. The average Bonchev–Trinajstić information content (AvgIpc) is 2.62. The van der Waals surface area contributed by atoms with Crippen molar-refractivity contribution in [2.45, 2.75) is 32.1 Å². The molecule has 4 nitrogen and oxygen atoms in total. The van der Waals surface area contributed by atoms with Crippen molar-refractivity contribution in [3.8, 4) is 0 Å². The molecule has 23 heavy (non-hydrogen) atoms. The van der Waals surface area contributed by atoms with Gasteiger partial charge in [-0.1, -0.05) is 0 Å². The molecule has 0 radical (unpaired) electrons. The van der Waals surface area contributed by atoms with E-state index in [1.54, 1.807) is 0 Å². The molecule has 2 heterocycles. The van der Waals surface area contributed by atoms with Crippen LogP contribution in [0.5, 0.6) is 0 Å². The van der Waals surface area contributed by atoms with Gasteiger partial charge in [0.2, 0.25) is 0 Å². The van der Waals surface area contributed by atoms with Crippen molar-refractivity contribution < 1.29 is 4.79 Å². The Kier molecular flexibility index (Phi) is 5.55. The lowest BCUT2D eigenvalue weighted by atomic mass is 9.97. The maximum absolute atomic E-state index is 12.3. The van der Waals surface area contributed by atoms with Crippen LogP contribution in [0.15, 0.2) is 24.3 Å². The first-order valence-electron chi connectivity index (χ1n) is 9.04. The molecule has 2 fully saturated rings. The highest BCUT2D eigenvalue weighted by Crippen LogP contribution is 2.20. The third-order valence-electron chi connectivity index (χ3n) is 5.24. The Morgan fingerprint density at radius 3 is 2.35 bits per heavy atom. The molecule has 126 valence electrons. The highest BCUT2D eigenvalue weighted by Gasteiger charge is 2.18. The molecule has 0 unspecified atom stereocenters.